The van der Waals surface area contributed by atoms with E-state index >= 15 is 0 Å². The lowest BCUT2D eigenvalue weighted by Gasteiger charge is -2.09. The number of imide groups is 1. The van der Waals surface area contributed by atoms with Crippen LogP contribution in [0.2, 0.25) is 0 Å². The minimum absolute atomic E-state index is 0.0292. The molecule has 0 bridgehead atoms. The SMILES string of the molecule is NC(=O)CCc1nnc(SCC(=O)NC(=O)NCc2cccs2)n1Cc1ccco1. The summed E-state index contributed by atoms with van der Waals surface area (Å²) < 4.78 is 7.13. The predicted octanol–water partition coefficient (Wildman–Crippen LogP) is 1.52. The topological polar surface area (TPSA) is 145 Å². The van der Waals surface area contributed by atoms with Gasteiger partial charge in [-0.3, -0.25) is 19.5 Å². The maximum absolute atomic E-state index is 12.1. The Morgan fingerprint density at radius 1 is 1.23 bits per heavy atom. The first kappa shape index (κ1) is 21.6. The van der Waals surface area contributed by atoms with Gasteiger partial charge in [-0.1, -0.05) is 17.8 Å². The number of primary amides is 1. The Morgan fingerprint density at radius 3 is 2.80 bits per heavy atom. The molecule has 0 saturated carbocycles. The Morgan fingerprint density at radius 2 is 2.10 bits per heavy atom. The maximum atomic E-state index is 12.1. The van der Waals surface area contributed by atoms with E-state index in [0.29, 0.717) is 36.3 Å². The number of hydrogen-bond donors (Lipinski definition) is 3. The van der Waals surface area contributed by atoms with Crippen LogP contribution in [0.4, 0.5) is 4.79 Å². The van der Waals surface area contributed by atoms with Crippen molar-refractivity contribution >= 4 is 40.9 Å². The van der Waals surface area contributed by atoms with E-state index < -0.39 is 17.8 Å². The molecule has 10 nitrogen and oxygen atoms in total. The number of nitrogens with zero attached hydrogens (tertiary/aromatic N) is 3. The van der Waals surface area contributed by atoms with Gasteiger partial charge in [0, 0.05) is 17.7 Å². The maximum Gasteiger partial charge on any atom is 0.321 e. The summed E-state index contributed by atoms with van der Waals surface area (Å²) in [6, 6.07) is 6.78. The quantitative estimate of drug-likeness (QED) is 0.399. The van der Waals surface area contributed by atoms with Gasteiger partial charge >= 0.3 is 6.03 Å². The Balaban J connectivity index is 1.55. The second kappa shape index (κ2) is 10.6. The lowest BCUT2D eigenvalue weighted by molar-refractivity contribution is -0.118. The third kappa shape index (κ3) is 6.46. The molecule has 0 aliphatic heterocycles. The molecule has 0 aromatic carbocycles. The zero-order chi connectivity index (χ0) is 21.3. The van der Waals surface area contributed by atoms with Crippen LogP contribution < -0.4 is 16.4 Å². The number of furan rings is 1. The van der Waals surface area contributed by atoms with Gasteiger partial charge in [-0.05, 0) is 23.6 Å². The Labute approximate surface area is 180 Å². The van der Waals surface area contributed by atoms with Gasteiger partial charge in [0.15, 0.2) is 5.16 Å². The molecule has 0 fully saturated rings. The van der Waals surface area contributed by atoms with Crippen LogP contribution in [0.5, 0.6) is 0 Å². The third-order valence-corrected chi connectivity index (χ3v) is 5.71. The van der Waals surface area contributed by atoms with Gasteiger partial charge < -0.3 is 15.5 Å². The van der Waals surface area contributed by atoms with Crippen LogP contribution in [0.1, 0.15) is 22.9 Å². The van der Waals surface area contributed by atoms with Crippen LogP contribution in [0.15, 0.2) is 45.5 Å². The molecular weight excluding hydrogens is 428 g/mol. The molecule has 3 aromatic heterocycles. The molecule has 4 N–H and O–H groups in total. The van der Waals surface area contributed by atoms with E-state index in [0.717, 1.165) is 16.6 Å². The number of thiophene rings is 1. The van der Waals surface area contributed by atoms with Crippen LogP contribution in [0.3, 0.4) is 0 Å². The van der Waals surface area contributed by atoms with Crippen LogP contribution in [-0.2, 0) is 29.1 Å². The predicted molar refractivity (Wildman–Crippen MR) is 111 cm³/mol. The number of thioether (sulfide) groups is 1. The van der Waals surface area contributed by atoms with Gasteiger partial charge in [-0.25, -0.2) is 4.79 Å². The Kier molecular flexibility index (Phi) is 7.63. The largest absolute Gasteiger partial charge is 0.467 e. The zero-order valence-corrected chi connectivity index (χ0v) is 17.5. The second-order valence-corrected chi connectivity index (χ2v) is 8.10. The number of rotatable bonds is 10. The van der Waals surface area contributed by atoms with E-state index in [2.05, 4.69) is 20.8 Å². The highest BCUT2D eigenvalue weighted by atomic mass is 32.2. The van der Waals surface area contributed by atoms with E-state index in [4.69, 9.17) is 10.2 Å². The Hall–Kier alpha value is -3.12. The van der Waals surface area contributed by atoms with Gasteiger partial charge in [-0.2, -0.15) is 0 Å². The van der Waals surface area contributed by atoms with Gasteiger partial charge in [0.05, 0.1) is 25.1 Å². The lowest BCUT2D eigenvalue weighted by Crippen LogP contribution is -2.39. The molecule has 3 aromatic rings. The molecule has 3 heterocycles. The zero-order valence-electron chi connectivity index (χ0n) is 15.9. The second-order valence-electron chi connectivity index (χ2n) is 6.13. The van der Waals surface area contributed by atoms with E-state index in [1.54, 1.807) is 23.0 Å². The molecule has 12 heteroatoms. The van der Waals surface area contributed by atoms with Gasteiger partial charge in [0.2, 0.25) is 11.8 Å². The van der Waals surface area contributed by atoms with E-state index in [9.17, 15) is 14.4 Å². The standard InChI is InChI=1S/C18H20N6O4S2/c19-14(25)5-6-15-22-23-18(24(15)10-12-3-1-7-28-12)30-11-16(26)21-17(27)20-9-13-4-2-8-29-13/h1-4,7-8H,5-6,9-11H2,(H2,19,25)(H2,20,21,26,27). The summed E-state index contributed by atoms with van der Waals surface area (Å²) in [6.45, 7) is 0.698. The van der Waals surface area contributed by atoms with Crippen molar-refractivity contribution < 1.29 is 18.8 Å². The number of urea groups is 1. The van der Waals surface area contributed by atoms with Gasteiger partial charge in [0.25, 0.3) is 0 Å². The van der Waals surface area contributed by atoms with Crippen LogP contribution in [-0.4, -0.2) is 38.4 Å². The van der Waals surface area contributed by atoms with Crippen molar-refractivity contribution in [1.29, 1.82) is 0 Å². The highest BCUT2D eigenvalue weighted by Crippen LogP contribution is 2.19. The summed E-state index contributed by atoms with van der Waals surface area (Å²) in [5.41, 5.74) is 5.22. The van der Waals surface area contributed by atoms with Crippen molar-refractivity contribution in [3.05, 3.63) is 52.4 Å². The van der Waals surface area contributed by atoms with E-state index in [-0.39, 0.29) is 12.2 Å². The minimum atomic E-state index is -0.562. The van der Waals surface area contributed by atoms with E-state index in [1.807, 2.05) is 17.5 Å². The van der Waals surface area contributed by atoms with Crippen molar-refractivity contribution in [3.63, 3.8) is 0 Å². The summed E-state index contributed by atoms with van der Waals surface area (Å²) in [4.78, 5) is 36.1. The highest BCUT2D eigenvalue weighted by molar-refractivity contribution is 7.99. The Bertz CT molecular complexity index is 985. The van der Waals surface area contributed by atoms with Gasteiger partial charge in [0.1, 0.15) is 11.6 Å². The highest BCUT2D eigenvalue weighted by Gasteiger charge is 2.17. The average molecular weight is 449 g/mol. The average Bonchev–Trinajstić information content (AvgIpc) is 3.46. The molecule has 0 radical (unpaired) electrons. The fourth-order valence-electron chi connectivity index (χ4n) is 2.48. The number of nitrogens with one attached hydrogen (secondary N) is 2. The first-order chi connectivity index (χ1) is 14.5. The fraction of sp³-hybridized carbons (Fsp3) is 0.278. The molecule has 3 rings (SSSR count). The summed E-state index contributed by atoms with van der Waals surface area (Å²) in [5.74, 6) is 0.300. The molecule has 0 saturated heterocycles. The summed E-state index contributed by atoms with van der Waals surface area (Å²) >= 11 is 2.65. The van der Waals surface area contributed by atoms with Crippen LogP contribution >= 0.6 is 23.1 Å². The van der Waals surface area contributed by atoms with E-state index in [1.165, 1.54) is 11.3 Å². The number of aryl methyl sites for hydroxylation is 1. The van der Waals surface area contributed by atoms with Crippen molar-refractivity contribution in [3.8, 4) is 0 Å². The third-order valence-electron chi connectivity index (χ3n) is 3.87. The molecule has 0 aliphatic rings. The molecule has 0 atom stereocenters. The summed E-state index contributed by atoms with van der Waals surface area (Å²) in [5, 5.41) is 15.5. The van der Waals surface area contributed by atoms with Crippen LogP contribution in [0.25, 0.3) is 0 Å². The molecule has 0 aliphatic carbocycles. The molecule has 0 unspecified atom stereocenters. The van der Waals surface area contributed by atoms with Crippen molar-refractivity contribution in [2.75, 3.05) is 5.75 Å². The normalized spacial score (nSPS) is 10.7. The fourth-order valence-corrected chi connectivity index (χ4v) is 3.88. The smallest absolute Gasteiger partial charge is 0.321 e. The molecular formula is C18H20N6O4S2. The lowest BCUT2D eigenvalue weighted by atomic mass is 10.3. The summed E-state index contributed by atoms with van der Waals surface area (Å²) in [7, 11) is 0. The van der Waals surface area contributed by atoms with Gasteiger partial charge in [-0.15, -0.1) is 21.5 Å². The monoisotopic (exact) mass is 448 g/mol. The number of amides is 4. The van der Waals surface area contributed by atoms with Crippen molar-refractivity contribution in [2.24, 2.45) is 5.73 Å². The molecule has 0 spiro atoms. The summed E-state index contributed by atoms with van der Waals surface area (Å²) in [6.07, 6.45) is 2.00. The molecule has 30 heavy (non-hydrogen) atoms. The first-order valence-electron chi connectivity index (χ1n) is 8.97. The number of carbonyl (C=O) groups excluding carboxylic acids is 3. The number of hydrogen-bond acceptors (Lipinski definition) is 8. The van der Waals surface area contributed by atoms with Crippen molar-refractivity contribution in [1.82, 2.24) is 25.4 Å². The minimum Gasteiger partial charge on any atom is -0.467 e. The number of carbonyl (C=O) groups is 3. The van der Waals surface area contributed by atoms with Crippen molar-refractivity contribution in [2.45, 2.75) is 31.1 Å². The number of nitrogens with two attached hydrogens (primary N) is 1. The first-order valence-corrected chi connectivity index (χ1v) is 10.8. The molecule has 158 valence electrons. The van der Waals surface area contributed by atoms with Crippen LogP contribution in [0, 0.1) is 0 Å². The number of aromatic nitrogens is 3. The molecule has 4 amide bonds.